The minimum Gasteiger partial charge on any atom is -0.484 e. The molecule has 24 heavy (non-hydrogen) atoms. The van der Waals surface area contributed by atoms with Crippen molar-refractivity contribution in [1.29, 1.82) is 0 Å². The Labute approximate surface area is 147 Å². The second-order valence-electron chi connectivity index (χ2n) is 5.83. The summed E-state index contributed by atoms with van der Waals surface area (Å²) in [6.45, 7) is 5.17. The van der Waals surface area contributed by atoms with Gasteiger partial charge in [0.05, 0.1) is 11.9 Å². The molecule has 0 saturated heterocycles. The first-order valence-electron chi connectivity index (χ1n) is 7.91. The van der Waals surface area contributed by atoms with Crippen LogP contribution in [0.2, 0.25) is 5.02 Å². The molecule has 6 heteroatoms. The molecule has 2 N–H and O–H groups in total. The van der Waals surface area contributed by atoms with Crippen molar-refractivity contribution < 1.29 is 9.53 Å². The highest BCUT2D eigenvalue weighted by Crippen LogP contribution is 2.15. The van der Waals surface area contributed by atoms with E-state index < -0.39 is 0 Å². The highest BCUT2D eigenvalue weighted by Gasteiger charge is 2.05. The van der Waals surface area contributed by atoms with Crippen LogP contribution in [0.4, 0.5) is 11.5 Å². The van der Waals surface area contributed by atoms with Crippen LogP contribution < -0.4 is 15.4 Å². The number of benzene rings is 1. The van der Waals surface area contributed by atoms with Gasteiger partial charge in [-0.05, 0) is 48.7 Å². The number of rotatable bonds is 8. The Bertz CT molecular complexity index is 642. The van der Waals surface area contributed by atoms with Gasteiger partial charge in [0.25, 0.3) is 5.91 Å². The van der Waals surface area contributed by atoms with Crippen molar-refractivity contribution >= 4 is 29.0 Å². The van der Waals surface area contributed by atoms with Crippen molar-refractivity contribution in [3.8, 4) is 5.75 Å². The number of halogens is 1. The van der Waals surface area contributed by atoms with E-state index in [9.17, 15) is 4.79 Å². The number of anilines is 2. The molecular weight excluding hydrogens is 326 g/mol. The van der Waals surface area contributed by atoms with Gasteiger partial charge in [-0.3, -0.25) is 4.79 Å². The second kappa shape index (κ2) is 9.13. The van der Waals surface area contributed by atoms with Crippen LogP contribution in [0.3, 0.4) is 0 Å². The van der Waals surface area contributed by atoms with E-state index in [4.69, 9.17) is 16.3 Å². The molecule has 0 fully saturated rings. The summed E-state index contributed by atoms with van der Waals surface area (Å²) in [4.78, 5) is 16.2. The van der Waals surface area contributed by atoms with E-state index in [2.05, 4.69) is 29.5 Å². The Morgan fingerprint density at radius 2 is 1.96 bits per heavy atom. The molecule has 1 amide bonds. The van der Waals surface area contributed by atoms with Crippen LogP contribution in [0, 0.1) is 5.92 Å². The van der Waals surface area contributed by atoms with E-state index >= 15 is 0 Å². The second-order valence-corrected chi connectivity index (χ2v) is 6.27. The Balaban J connectivity index is 1.76. The van der Waals surface area contributed by atoms with Gasteiger partial charge in [0.15, 0.2) is 6.61 Å². The van der Waals surface area contributed by atoms with Crippen LogP contribution in [0.15, 0.2) is 42.6 Å². The molecule has 0 aliphatic heterocycles. The first kappa shape index (κ1) is 18.1. The number of nitrogens with one attached hydrogen (secondary N) is 2. The zero-order valence-corrected chi connectivity index (χ0v) is 14.6. The standard InChI is InChI=1S/C18H22ClN3O2/c1-13(2)9-10-20-17-8-5-15(11-21-17)22-18(23)12-24-16-6-3-14(19)4-7-16/h3-8,11,13H,9-10,12H2,1-2H3,(H,20,21)(H,22,23). The summed E-state index contributed by atoms with van der Waals surface area (Å²) in [5.74, 6) is 1.80. The van der Waals surface area contributed by atoms with Gasteiger partial charge >= 0.3 is 0 Å². The van der Waals surface area contributed by atoms with Crippen molar-refractivity contribution in [3.05, 3.63) is 47.6 Å². The Morgan fingerprint density at radius 1 is 1.21 bits per heavy atom. The van der Waals surface area contributed by atoms with Crippen LogP contribution in [-0.2, 0) is 4.79 Å². The number of hydrogen-bond donors (Lipinski definition) is 2. The highest BCUT2D eigenvalue weighted by atomic mass is 35.5. The number of carbonyl (C=O) groups is 1. The fourth-order valence-corrected chi connectivity index (χ4v) is 2.06. The monoisotopic (exact) mass is 347 g/mol. The maximum absolute atomic E-state index is 11.9. The van der Waals surface area contributed by atoms with Gasteiger partial charge in [-0.25, -0.2) is 4.98 Å². The Morgan fingerprint density at radius 3 is 2.58 bits per heavy atom. The van der Waals surface area contributed by atoms with Gasteiger partial charge in [-0.15, -0.1) is 0 Å². The van der Waals surface area contributed by atoms with Gasteiger partial charge in [0.1, 0.15) is 11.6 Å². The normalized spacial score (nSPS) is 10.5. The van der Waals surface area contributed by atoms with Crippen LogP contribution >= 0.6 is 11.6 Å². The summed E-state index contributed by atoms with van der Waals surface area (Å²) in [7, 11) is 0. The highest BCUT2D eigenvalue weighted by molar-refractivity contribution is 6.30. The Hall–Kier alpha value is -2.27. The molecule has 0 spiro atoms. The maximum Gasteiger partial charge on any atom is 0.262 e. The van der Waals surface area contributed by atoms with Gasteiger partial charge in [0.2, 0.25) is 0 Å². The topological polar surface area (TPSA) is 63.2 Å². The van der Waals surface area contributed by atoms with Crippen LogP contribution in [0.25, 0.3) is 0 Å². The first-order chi connectivity index (χ1) is 11.5. The lowest BCUT2D eigenvalue weighted by atomic mass is 10.1. The molecule has 0 saturated carbocycles. The van der Waals surface area contributed by atoms with Gasteiger partial charge in [-0.1, -0.05) is 25.4 Å². The maximum atomic E-state index is 11.9. The summed E-state index contributed by atoms with van der Waals surface area (Å²) in [6, 6.07) is 10.5. The third kappa shape index (κ3) is 6.46. The van der Waals surface area contributed by atoms with Crippen molar-refractivity contribution in [1.82, 2.24) is 4.98 Å². The summed E-state index contributed by atoms with van der Waals surface area (Å²) in [5.41, 5.74) is 0.633. The molecule has 128 valence electrons. The third-order valence-corrected chi connectivity index (χ3v) is 3.51. The molecule has 0 aliphatic rings. The summed E-state index contributed by atoms with van der Waals surface area (Å²) >= 11 is 5.79. The van der Waals surface area contributed by atoms with Crippen LogP contribution in [-0.4, -0.2) is 24.0 Å². The van der Waals surface area contributed by atoms with Crippen molar-refractivity contribution in [2.24, 2.45) is 5.92 Å². The molecule has 1 heterocycles. The fourth-order valence-electron chi connectivity index (χ4n) is 1.94. The van der Waals surface area contributed by atoms with E-state index in [1.54, 1.807) is 30.5 Å². The lowest BCUT2D eigenvalue weighted by molar-refractivity contribution is -0.118. The number of carbonyl (C=O) groups excluding carboxylic acids is 1. The smallest absolute Gasteiger partial charge is 0.262 e. The molecule has 0 unspecified atom stereocenters. The number of aromatic nitrogens is 1. The summed E-state index contributed by atoms with van der Waals surface area (Å²) in [6.07, 6.45) is 2.71. The van der Waals surface area contributed by atoms with Gasteiger partial charge in [-0.2, -0.15) is 0 Å². The minimum absolute atomic E-state index is 0.0734. The zero-order valence-electron chi connectivity index (χ0n) is 13.9. The van der Waals surface area contributed by atoms with Crippen LogP contribution in [0.5, 0.6) is 5.75 Å². The number of pyridine rings is 1. The van der Waals surface area contributed by atoms with Gasteiger partial charge in [0, 0.05) is 11.6 Å². The summed E-state index contributed by atoms with van der Waals surface area (Å²) < 4.78 is 5.39. The molecule has 2 aromatic rings. The van der Waals surface area contributed by atoms with E-state index in [1.165, 1.54) is 0 Å². The fraction of sp³-hybridized carbons (Fsp3) is 0.333. The molecule has 1 aromatic heterocycles. The molecule has 0 atom stereocenters. The average molecular weight is 348 g/mol. The molecule has 0 radical (unpaired) electrons. The predicted molar refractivity (Wildman–Crippen MR) is 97.8 cm³/mol. The lowest BCUT2D eigenvalue weighted by Crippen LogP contribution is -2.20. The molecule has 0 bridgehead atoms. The van der Waals surface area contributed by atoms with E-state index in [1.807, 2.05) is 12.1 Å². The zero-order chi connectivity index (χ0) is 17.4. The molecule has 0 aliphatic carbocycles. The number of nitrogens with zero attached hydrogens (tertiary/aromatic N) is 1. The summed E-state index contributed by atoms with van der Waals surface area (Å²) in [5, 5.41) is 6.62. The number of amides is 1. The third-order valence-electron chi connectivity index (χ3n) is 3.26. The largest absolute Gasteiger partial charge is 0.484 e. The predicted octanol–water partition coefficient (Wildman–Crippen LogP) is 4.21. The number of ether oxygens (including phenoxy) is 1. The average Bonchev–Trinajstić information content (AvgIpc) is 2.56. The van der Waals surface area contributed by atoms with Crippen molar-refractivity contribution in [2.75, 3.05) is 23.8 Å². The molecule has 2 rings (SSSR count). The Kier molecular flexibility index (Phi) is 6.88. The van der Waals surface area contributed by atoms with E-state index in [0.717, 1.165) is 18.8 Å². The number of hydrogen-bond acceptors (Lipinski definition) is 4. The van der Waals surface area contributed by atoms with Crippen molar-refractivity contribution in [3.63, 3.8) is 0 Å². The van der Waals surface area contributed by atoms with Gasteiger partial charge < -0.3 is 15.4 Å². The minimum atomic E-state index is -0.243. The molecule has 1 aromatic carbocycles. The molecule has 5 nitrogen and oxygen atoms in total. The van der Waals surface area contributed by atoms with Crippen LogP contribution in [0.1, 0.15) is 20.3 Å². The quantitative estimate of drug-likeness (QED) is 0.750. The first-order valence-corrected chi connectivity index (χ1v) is 8.29. The van der Waals surface area contributed by atoms with E-state index in [0.29, 0.717) is 22.4 Å². The lowest BCUT2D eigenvalue weighted by Gasteiger charge is -2.09. The van der Waals surface area contributed by atoms with Crippen molar-refractivity contribution in [2.45, 2.75) is 20.3 Å². The molecular formula is C18H22ClN3O2. The SMILES string of the molecule is CC(C)CCNc1ccc(NC(=O)COc2ccc(Cl)cc2)cn1. The van der Waals surface area contributed by atoms with E-state index in [-0.39, 0.29) is 12.5 Å².